The molecule has 0 radical (unpaired) electrons. The molecule has 6 heterocycles. The van der Waals surface area contributed by atoms with E-state index in [1.54, 1.807) is 65.1 Å². The van der Waals surface area contributed by atoms with Gasteiger partial charge in [0.25, 0.3) is 12.3 Å². The number of benzene rings is 2. The van der Waals surface area contributed by atoms with Gasteiger partial charge in [0.05, 0.1) is 41.5 Å². The van der Waals surface area contributed by atoms with Crippen molar-refractivity contribution in [2.45, 2.75) is 85.0 Å². The molecule has 2 fully saturated rings. The van der Waals surface area contributed by atoms with Crippen molar-refractivity contribution in [3.8, 4) is 22.9 Å². The highest BCUT2D eigenvalue weighted by atomic mass is 35.5. The van der Waals surface area contributed by atoms with Crippen LogP contribution in [0.5, 0.6) is 5.75 Å². The second-order valence-corrected chi connectivity index (χ2v) is 20.0. The molecular formula is C49H56ClF2N13O4. The number of halogens is 3. The second kappa shape index (κ2) is 18.7. The number of alkyl halides is 2. The van der Waals surface area contributed by atoms with E-state index in [1.165, 1.54) is 12.4 Å². The predicted molar refractivity (Wildman–Crippen MR) is 254 cm³/mol. The summed E-state index contributed by atoms with van der Waals surface area (Å²) in [5.41, 5.74) is 4.43. The highest BCUT2D eigenvalue weighted by Crippen LogP contribution is 2.56. The summed E-state index contributed by atoms with van der Waals surface area (Å²) >= 11 is 6.24. The molecule has 3 N–H and O–H groups in total. The van der Waals surface area contributed by atoms with E-state index in [9.17, 15) is 28.4 Å². The second-order valence-electron chi connectivity index (χ2n) is 19.6. The maximum atomic E-state index is 14.7. The Morgan fingerprint density at radius 2 is 1.75 bits per heavy atom. The number of amides is 3. The van der Waals surface area contributed by atoms with Gasteiger partial charge in [0.15, 0.2) is 5.82 Å². The van der Waals surface area contributed by atoms with Gasteiger partial charge in [-0.15, -0.1) is 0 Å². The molecule has 1 saturated carbocycles. The highest BCUT2D eigenvalue weighted by molar-refractivity contribution is 6.31. The van der Waals surface area contributed by atoms with Gasteiger partial charge in [0.1, 0.15) is 17.9 Å². The Labute approximate surface area is 404 Å². The first kappa shape index (κ1) is 47.4. The summed E-state index contributed by atoms with van der Waals surface area (Å²) < 4.78 is 39.3. The molecule has 3 amide bonds. The summed E-state index contributed by atoms with van der Waals surface area (Å²) in [6.45, 7) is 13.1. The van der Waals surface area contributed by atoms with Gasteiger partial charge >= 0.3 is 0 Å². The Kier molecular flexibility index (Phi) is 12.8. The summed E-state index contributed by atoms with van der Waals surface area (Å²) in [4.78, 5) is 53.5. The number of ether oxygens (including phenoxy) is 1. The van der Waals surface area contributed by atoms with Crippen LogP contribution in [-0.2, 0) is 36.0 Å². The molecule has 3 aliphatic heterocycles. The average molecular weight is 965 g/mol. The molecular weight excluding hydrogens is 908 g/mol. The molecule has 20 heteroatoms. The Hall–Kier alpha value is -6.65. The summed E-state index contributed by atoms with van der Waals surface area (Å²) in [6, 6.07) is 10.2. The van der Waals surface area contributed by atoms with Crippen LogP contribution in [0.3, 0.4) is 0 Å². The Bertz CT molecular complexity index is 2820. The highest BCUT2D eigenvalue weighted by Gasteiger charge is 2.64. The van der Waals surface area contributed by atoms with Gasteiger partial charge in [-0.25, -0.2) is 18.7 Å². The summed E-state index contributed by atoms with van der Waals surface area (Å²) in [5, 5.41) is 28.4. The maximum Gasteiger partial charge on any atom is 0.264 e. The van der Waals surface area contributed by atoms with Crippen LogP contribution in [0.4, 0.5) is 26.2 Å². The van der Waals surface area contributed by atoms with E-state index in [0.29, 0.717) is 103 Å². The van der Waals surface area contributed by atoms with Crippen molar-refractivity contribution in [1.29, 1.82) is 5.26 Å². The zero-order valence-electron chi connectivity index (χ0n) is 39.5. The molecule has 0 bridgehead atoms. The van der Waals surface area contributed by atoms with Gasteiger partial charge in [0, 0.05) is 129 Å². The first-order valence-electron chi connectivity index (χ1n) is 23.2. The maximum absolute atomic E-state index is 14.7. The number of carbonyl (C=O) groups is 3. The normalized spacial score (nSPS) is 19.2. The standard InChI is InChI=1S/C49H56ClF2N13O4/c1-28(66)62-15-11-39-37(27-62)43(64-14-7-8-29-16-35(32-22-58-61(6)24-32)36(42(51)52)18-40(29)64)60-65(39)33-25-63(26-33)41(67)23-54-12-13-55-47-56-20-31(21-57-47)44(68)59-45-48(2,3)46(49(45,4)5)69-34-10-9-30(19-53)38(50)17-34/h9-10,16-18,20-22,24,33,42,45-46,54H,7-8,11-15,23,25-27H2,1-6H3,(H,59,68)(H,55,56,57). The van der Waals surface area contributed by atoms with E-state index in [-0.39, 0.29) is 48.0 Å². The minimum atomic E-state index is -2.70. The van der Waals surface area contributed by atoms with E-state index >= 15 is 0 Å². The van der Waals surface area contributed by atoms with Crippen molar-refractivity contribution in [3.05, 3.63) is 93.7 Å². The summed E-state index contributed by atoms with van der Waals surface area (Å²) in [7, 11) is 1.76. The van der Waals surface area contributed by atoms with Crippen LogP contribution in [-0.4, -0.2) is 115 Å². The van der Waals surface area contributed by atoms with Crippen molar-refractivity contribution in [2.24, 2.45) is 17.9 Å². The first-order chi connectivity index (χ1) is 32.9. The lowest BCUT2D eigenvalue weighted by atomic mass is 9.49. The molecule has 1 aliphatic carbocycles. The lowest BCUT2D eigenvalue weighted by Crippen LogP contribution is -2.74. The molecule has 3 aromatic heterocycles. The van der Waals surface area contributed by atoms with Crippen LogP contribution in [0.15, 0.2) is 55.1 Å². The quantitative estimate of drug-likeness (QED) is 0.107. The minimum Gasteiger partial charge on any atom is -0.489 e. The molecule has 9 rings (SSSR count). The number of likely N-dealkylation sites (tertiary alicyclic amines) is 1. The van der Waals surface area contributed by atoms with Crippen molar-refractivity contribution in [1.82, 2.24) is 50.0 Å². The van der Waals surface area contributed by atoms with Gasteiger partial charge in [-0.3, -0.25) is 23.7 Å². The lowest BCUT2D eigenvalue weighted by Gasteiger charge is -2.63. The number of anilines is 3. The summed E-state index contributed by atoms with van der Waals surface area (Å²) in [5.74, 6) is 1.17. The smallest absolute Gasteiger partial charge is 0.264 e. The van der Waals surface area contributed by atoms with E-state index < -0.39 is 17.3 Å². The largest absolute Gasteiger partial charge is 0.489 e. The number of hydrogen-bond donors (Lipinski definition) is 3. The topological polar surface area (TPSA) is 191 Å². The van der Waals surface area contributed by atoms with Crippen LogP contribution in [0, 0.1) is 22.2 Å². The number of nitriles is 1. The van der Waals surface area contributed by atoms with Crippen molar-refractivity contribution < 1.29 is 27.9 Å². The fourth-order valence-corrected chi connectivity index (χ4v) is 11.0. The fraction of sp³-hybridized carbons (Fsp3) is 0.469. The number of nitrogens with one attached hydrogen (secondary N) is 3. The number of carbonyl (C=O) groups excluding carboxylic acids is 3. The fourth-order valence-electron chi connectivity index (χ4n) is 10.8. The number of fused-ring (bicyclic) bond motifs is 2. The Morgan fingerprint density at radius 3 is 2.42 bits per heavy atom. The number of aromatic nitrogens is 6. The van der Waals surface area contributed by atoms with E-state index in [4.69, 9.17) is 21.4 Å². The molecule has 0 unspecified atom stereocenters. The van der Waals surface area contributed by atoms with Crippen LogP contribution in [0.2, 0.25) is 5.02 Å². The zero-order chi connectivity index (χ0) is 48.9. The third-order valence-electron chi connectivity index (χ3n) is 14.2. The Morgan fingerprint density at radius 1 is 1.00 bits per heavy atom. The molecule has 0 spiro atoms. The van der Waals surface area contributed by atoms with Crippen LogP contribution >= 0.6 is 11.6 Å². The van der Waals surface area contributed by atoms with Gasteiger partial charge in [-0.1, -0.05) is 39.3 Å². The third kappa shape index (κ3) is 9.07. The van der Waals surface area contributed by atoms with Gasteiger partial charge in [0.2, 0.25) is 17.8 Å². The van der Waals surface area contributed by atoms with Gasteiger partial charge < -0.3 is 35.4 Å². The number of nitrogens with zero attached hydrogens (tertiary/aromatic N) is 10. The average Bonchev–Trinajstić information content (AvgIpc) is 3.91. The predicted octanol–water partition coefficient (Wildman–Crippen LogP) is 6.22. The molecule has 362 valence electrons. The van der Waals surface area contributed by atoms with Crippen LogP contribution < -0.4 is 25.6 Å². The van der Waals surface area contributed by atoms with E-state index in [0.717, 1.165) is 29.7 Å². The molecule has 1 saturated heterocycles. The zero-order valence-corrected chi connectivity index (χ0v) is 40.3. The molecule has 17 nitrogen and oxygen atoms in total. The lowest BCUT2D eigenvalue weighted by molar-refractivity contribution is -0.164. The van der Waals surface area contributed by atoms with Crippen molar-refractivity contribution in [2.75, 3.05) is 56.0 Å². The van der Waals surface area contributed by atoms with Crippen molar-refractivity contribution in [3.63, 3.8) is 0 Å². The molecule has 69 heavy (non-hydrogen) atoms. The Balaban J connectivity index is 0.769. The molecule has 4 aliphatic rings. The summed E-state index contributed by atoms with van der Waals surface area (Å²) in [6.07, 6.45) is 5.47. The van der Waals surface area contributed by atoms with Gasteiger partial charge in [-0.2, -0.15) is 15.5 Å². The number of aryl methyl sites for hydroxylation is 2. The molecule has 2 aromatic carbocycles. The number of rotatable bonds is 14. The SMILES string of the molecule is CC(=O)N1CCc2c(c(N3CCCc4cc(-c5cnn(C)c5)c(C(F)F)cc43)nn2C2CN(C(=O)CNCCNc3ncc(C(=O)NC4C(C)(C)C(Oc5ccc(C#N)c(Cl)c5)C4(C)C)cn3)C2)C1. The van der Waals surface area contributed by atoms with Crippen molar-refractivity contribution >= 4 is 46.8 Å². The van der Waals surface area contributed by atoms with E-state index in [2.05, 4.69) is 37.1 Å². The molecule has 0 atom stereocenters. The van der Waals surface area contributed by atoms with Gasteiger partial charge in [-0.05, 0) is 48.2 Å². The first-order valence-corrected chi connectivity index (χ1v) is 23.6. The van der Waals surface area contributed by atoms with Crippen LogP contribution in [0.1, 0.15) is 91.8 Å². The minimum absolute atomic E-state index is 0.0401. The van der Waals surface area contributed by atoms with E-state index in [1.807, 2.05) is 43.3 Å². The third-order valence-corrected chi connectivity index (χ3v) is 14.5. The monoisotopic (exact) mass is 963 g/mol. The van der Waals surface area contributed by atoms with Crippen LogP contribution in [0.25, 0.3) is 11.1 Å². The molecule has 5 aromatic rings. The number of hydrogen-bond acceptors (Lipinski definition) is 12.